The van der Waals surface area contributed by atoms with Gasteiger partial charge in [0, 0.05) is 17.1 Å². The third kappa shape index (κ3) is 4.41. The van der Waals surface area contributed by atoms with Crippen LogP contribution < -0.4 is 10.3 Å². The molecule has 0 N–H and O–H groups in total. The molecule has 1 heterocycles. The molecular formula is C26H24BrN3O3. The second-order valence-electron chi connectivity index (χ2n) is 7.63. The Morgan fingerprint density at radius 1 is 1.06 bits per heavy atom. The Bertz CT molecular complexity index is 1370. The minimum atomic E-state index is -0.492. The fraction of sp³-hybridized carbons (Fsp3) is 0.192. The molecule has 0 radical (unpaired) electrons. The van der Waals surface area contributed by atoms with Crippen LogP contribution in [0.5, 0.6) is 5.75 Å². The summed E-state index contributed by atoms with van der Waals surface area (Å²) >= 11 is 3.40. The summed E-state index contributed by atoms with van der Waals surface area (Å²) in [5.41, 5.74) is 1.52. The number of hydrogen-bond acceptors (Lipinski definition) is 4. The third-order valence-corrected chi connectivity index (χ3v) is 6.10. The van der Waals surface area contributed by atoms with Crippen molar-refractivity contribution in [2.45, 2.75) is 19.9 Å². The average Bonchev–Trinajstić information content (AvgIpc) is 2.84. The van der Waals surface area contributed by atoms with Crippen LogP contribution in [-0.2, 0) is 0 Å². The molecule has 0 aliphatic carbocycles. The molecular weight excluding hydrogens is 482 g/mol. The Kier molecular flexibility index (Phi) is 6.60. The van der Waals surface area contributed by atoms with Gasteiger partial charge < -0.3 is 9.64 Å². The Balaban J connectivity index is 1.89. The molecule has 7 heteroatoms. The molecule has 3 aromatic carbocycles. The number of para-hydroxylation sites is 3. The van der Waals surface area contributed by atoms with E-state index in [1.54, 1.807) is 34.7 Å². The van der Waals surface area contributed by atoms with Crippen LogP contribution in [0.15, 0.2) is 82.1 Å². The second kappa shape index (κ2) is 9.58. The lowest BCUT2D eigenvalue weighted by Crippen LogP contribution is -2.35. The van der Waals surface area contributed by atoms with Crippen molar-refractivity contribution in [3.8, 4) is 11.4 Å². The number of ether oxygens (including phenoxy) is 1. The van der Waals surface area contributed by atoms with Gasteiger partial charge in [0.2, 0.25) is 0 Å². The van der Waals surface area contributed by atoms with Crippen LogP contribution in [0.3, 0.4) is 0 Å². The highest BCUT2D eigenvalue weighted by molar-refractivity contribution is 9.10. The first-order valence-corrected chi connectivity index (χ1v) is 11.5. The van der Waals surface area contributed by atoms with Crippen molar-refractivity contribution >= 4 is 32.7 Å². The quantitative estimate of drug-likeness (QED) is 0.352. The summed E-state index contributed by atoms with van der Waals surface area (Å²) in [7, 11) is 1.72. The summed E-state index contributed by atoms with van der Waals surface area (Å²) < 4.78 is 8.26. The van der Waals surface area contributed by atoms with Gasteiger partial charge in [-0.2, -0.15) is 0 Å². The third-order valence-electron chi connectivity index (χ3n) is 5.57. The van der Waals surface area contributed by atoms with Gasteiger partial charge in [-0.3, -0.25) is 14.2 Å². The summed E-state index contributed by atoms with van der Waals surface area (Å²) in [6, 6.07) is 21.3. The summed E-state index contributed by atoms with van der Waals surface area (Å²) in [5.74, 6) is 0.871. The lowest BCUT2D eigenvalue weighted by atomic mass is 10.1. The van der Waals surface area contributed by atoms with Crippen LogP contribution in [0.1, 0.15) is 36.1 Å². The maximum absolute atomic E-state index is 13.7. The number of fused-ring (bicyclic) bond motifs is 1. The zero-order chi connectivity index (χ0) is 23.5. The van der Waals surface area contributed by atoms with E-state index in [-0.39, 0.29) is 11.5 Å². The van der Waals surface area contributed by atoms with E-state index < -0.39 is 6.04 Å². The number of rotatable bonds is 6. The highest BCUT2D eigenvalue weighted by Crippen LogP contribution is 2.28. The standard InChI is InChI=1S/C26H24BrN3O3/c1-4-33-23-12-8-7-11-22(23)30-24(28-21-10-6-5-9-20(21)26(30)32)17(2)29(3)25(31)18-13-15-19(27)16-14-18/h5-17H,4H2,1-3H3. The second-order valence-corrected chi connectivity index (χ2v) is 8.54. The predicted octanol–water partition coefficient (Wildman–Crippen LogP) is 5.38. The molecule has 0 aliphatic rings. The maximum Gasteiger partial charge on any atom is 0.266 e. The molecule has 0 saturated heterocycles. The number of benzene rings is 3. The topological polar surface area (TPSA) is 64.4 Å². The van der Waals surface area contributed by atoms with Crippen molar-refractivity contribution in [3.05, 3.63) is 99.0 Å². The summed E-state index contributed by atoms with van der Waals surface area (Å²) in [5, 5.41) is 0.502. The normalized spacial score (nSPS) is 11.9. The lowest BCUT2D eigenvalue weighted by molar-refractivity contribution is 0.0735. The molecule has 1 aromatic heterocycles. The monoisotopic (exact) mass is 505 g/mol. The smallest absolute Gasteiger partial charge is 0.266 e. The Morgan fingerprint density at radius 3 is 2.45 bits per heavy atom. The average molecular weight is 506 g/mol. The zero-order valence-corrected chi connectivity index (χ0v) is 20.2. The molecule has 6 nitrogen and oxygen atoms in total. The number of amides is 1. The van der Waals surface area contributed by atoms with Gasteiger partial charge in [-0.1, -0.05) is 40.2 Å². The molecule has 1 amide bonds. The van der Waals surface area contributed by atoms with Crippen molar-refractivity contribution in [1.29, 1.82) is 0 Å². The van der Waals surface area contributed by atoms with Gasteiger partial charge in [0.1, 0.15) is 11.6 Å². The number of halogens is 1. The van der Waals surface area contributed by atoms with E-state index in [4.69, 9.17) is 9.72 Å². The fourth-order valence-corrected chi connectivity index (χ4v) is 3.99. The minimum absolute atomic E-state index is 0.165. The Morgan fingerprint density at radius 2 is 1.73 bits per heavy atom. The van der Waals surface area contributed by atoms with Crippen LogP contribution in [0.4, 0.5) is 0 Å². The number of aromatic nitrogens is 2. The van der Waals surface area contributed by atoms with Gasteiger partial charge in [0.15, 0.2) is 0 Å². The van der Waals surface area contributed by atoms with E-state index >= 15 is 0 Å². The molecule has 1 atom stereocenters. The van der Waals surface area contributed by atoms with Gasteiger partial charge in [-0.05, 0) is 62.4 Å². The first-order chi connectivity index (χ1) is 15.9. The molecule has 168 valence electrons. The van der Waals surface area contributed by atoms with Gasteiger partial charge in [-0.15, -0.1) is 0 Å². The number of nitrogens with zero attached hydrogens (tertiary/aromatic N) is 3. The highest BCUT2D eigenvalue weighted by Gasteiger charge is 2.26. The summed E-state index contributed by atoms with van der Waals surface area (Å²) in [6.07, 6.45) is 0. The van der Waals surface area contributed by atoms with Crippen LogP contribution >= 0.6 is 15.9 Å². The molecule has 0 bridgehead atoms. The Hall–Kier alpha value is -3.45. The fourth-order valence-electron chi connectivity index (χ4n) is 3.73. The molecule has 4 aromatic rings. The molecule has 0 fully saturated rings. The molecule has 1 unspecified atom stereocenters. The first-order valence-electron chi connectivity index (χ1n) is 10.7. The number of carbonyl (C=O) groups is 1. The van der Waals surface area contributed by atoms with E-state index in [0.29, 0.717) is 40.3 Å². The van der Waals surface area contributed by atoms with Crippen LogP contribution in [-0.4, -0.2) is 34.0 Å². The molecule has 4 rings (SSSR count). The van der Waals surface area contributed by atoms with Crippen molar-refractivity contribution < 1.29 is 9.53 Å². The number of carbonyl (C=O) groups excluding carboxylic acids is 1. The molecule has 33 heavy (non-hydrogen) atoms. The molecule has 0 saturated carbocycles. The highest BCUT2D eigenvalue weighted by atomic mass is 79.9. The van der Waals surface area contributed by atoms with Gasteiger partial charge >= 0.3 is 0 Å². The Labute approximate surface area is 200 Å². The SMILES string of the molecule is CCOc1ccccc1-n1c(C(C)N(C)C(=O)c2ccc(Br)cc2)nc2ccccc2c1=O. The largest absolute Gasteiger partial charge is 0.492 e. The van der Waals surface area contributed by atoms with Gasteiger partial charge in [0.25, 0.3) is 11.5 Å². The van der Waals surface area contributed by atoms with Crippen LogP contribution in [0.2, 0.25) is 0 Å². The first kappa shape index (κ1) is 22.7. The van der Waals surface area contributed by atoms with Crippen LogP contribution in [0, 0.1) is 0 Å². The van der Waals surface area contributed by atoms with E-state index in [1.165, 1.54) is 0 Å². The zero-order valence-electron chi connectivity index (χ0n) is 18.7. The summed E-state index contributed by atoms with van der Waals surface area (Å²) in [6.45, 7) is 4.22. The van der Waals surface area contributed by atoms with E-state index in [9.17, 15) is 9.59 Å². The predicted molar refractivity (Wildman–Crippen MR) is 133 cm³/mol. The summed E-state index contributed by atoms with van der Waals surface area (Å²) in [4.78, 5) is 33.3. The lowest BCUT2D eigenvalue weighted by Gasteiger charge is -2.27. The van der Waals surface area contributed by atoms with Gasteiger partial charge in [-0.25, -0.2) is 4.98 Å². The molecule has 0 spiro atoms. The van der Waals surface area contributed by atoms with Gasteiger partial charge in [0.05, 0.1) is 29.2 Å². The molecule has 0 aliphatic heterocycles. The van der Waals surface area contributed by atoms with E-state index in [1.807, 2.05) is 68.4 Å². The van der Waals surface area contributed by atoms with Crippen molar-refractivity contribution in [2.75, 3.05) is 13.7 Å². The van der Waals surface area contributed by atoms with Crippen LogP contribution in [0.25, 0.3) is 16.6 Å². The van der Waals surface area contributed by atoms with E-state index in [2.05, 4.69) is 15.9 Å². The van der Waals surface area contributed by atoms with E-state index in [0.717, 1.165) is 4.47 Å². The number of hydrogen-bond donors (Lipinski definition) is 0. The van der Waals surface area contributed by atoms with Crippen molar-refractivity contribution in [3.63, 3.8) is 0 Å². The maximum atomic E-state index is 13.7. The minimum Gasteiger partial charge on any atom is -0.492 e. The van der Waals surface area contributed by atoms with Crippen molar-refractivity contribution in [1.82, 2.24) is 14.5 Å². The van der Waals surface area contributed by atoms with Crippen molar-refractivity contribution in [2.24, 2.45) is 0 Å².